The second-order valence-corrected chi connectivity index (χ2v) is 6.25. The van der Waals surface area contributed by atoms with Crippen LogP contribution in [0.2, 0.25) is 0 Å². The SMILES string of the molecule is CCNC(=NCc1ccc(C(=O)NC)cc1)NCc1ccc(C)cc1C.I. The number of hydrogen-bond acceptors (Lipinski definition) is 2. The number of rotatable bonds is 6. The zero-order chi connectivity index (χ0) is 18.9. The highest BCUT2D eigenvalue weighted by Crippen LogP contribution is 2.10. The normalized spacial score (nSPS) is 10.7. The molecule has 0 saturated carbocycles. The largest absolute Gasteiger partial charge is 0.357 e. The summed E-state index contributed by atoms with van der Waals surface area (Å²) in [5, 5.41) is 9.27. The monoisotopic (exact) mass is 480 g/mol. The van der Waals surface area contributed by atoms with Crippen molar-refractivity contribution >= 4 is 35.8 Å². The molecule has 0 aliphatic rings. The van der Waals surface area contributed by atoms with E-state index in [1.165, 1.54) is 16.7 Å². The molecular weight excluding hydrogens is 451 g/mol. The van der Waals surface area contributed by atoms with Crippen LogP contribution in [0.5, 0.6) is 0 Å². The second-order valence-electron chi connectivity index (χ2n) is 6.25. The summed E-state index contributed by atoms with van der Waals surface area (Å²) in [6, 6.07) is 14.0. The van der Waals surface area contributed by atoms with E-state index >= 15 is 0 Å². The minimum atomic E-state index is -0.0801. The van der Waals surface area contributed by atoms with Crippen molar-refractivity contribution in [3.63, 3.8) is 0 Å². The molecule has 0 unspecified atom stereocenters. The fourth-order valence-corrected chi connectivity index (χ4v) is 2.64. The van der Waals surface area contributed by atoms with Crippen LogP contribution in [0.15, 0.2) is 47.5 Å². The number of carbonyl (C=O) groups excluding carboxylic acids is 1. The molecule has 6 heteroatoms. The van der Waals surface area contributed by atoms with Gasteiger partial charge in [0.2, 0.25) is 0 Å². The van der Waals surface area contributed by atoms with Crippen LogP contribution in [0.1, 0.15) is 39.5 Å². The summed E-state index contributed by atoms with van der Waals surface area (Å²) in [5.41, 5.74) is 5.52. The van der Waals surface area contributed by atoms with Crippen molar-refractivity contribution in [2.24, 2.45) is 4.99 Å². The first kappa shape index (κ1) is 23.0. The van der Waals surface area contributed by atoms with Gasteiger partial charge < -0.3 is 16.0 Å². The number of aryl methyl sites for hydroxylation is 2. The van der Waals surface area contributed by atoms with Crippen LogP contribution >= 0.6 is 24.0 Å². The van der Waals surface area contributed by atoms with Crippen molar-refractivity contribution < 1.29 is 4.79 Å². The first-order valence-corrected chi connectivity index (χ1v) is 8.92. The van der Waals surface area contributed by atoms with Crippen molar-refractivity contribution in [1.82, 2.24) is 16.0 Å². The fourth-order valence-electron chi connectivity index (χ4n) is 2.64. The molecule has 0 bridgehead atoms. The molecule has 146 valence electrons. The minimum Gasteiger partial charge on any atom is -0.357 e. The molecule has 5 nitrogen and oxygen atoms in total. The number of nitrogens with zero attached hydrogens (tertiary/aromatic N) is 1. The molecule has 0 heterocycles. The number of aliphatic imine (C=N–C) groups is 1. The quantitative estimate of drug-likeness (QED) is 0.337. The Morgan fingerprint density at radius 1 is 1.04 bits per heavy atom. The number of carbonyl (C=O) groups is 1. The first-order valence-electron chi connectivity index (χ1n) is 8.92. The Hall–Kier alpha value is -2.09. The Morgan fingerprint density at radius 2 is 1.74 bits per heavy atom. The van der Waals surface area contributed by atoms with E-state index in [-0.39, 0.29) is 29.9 Å². The minimum absolute atomic E-state index is 0. The third-order valence-electron chi connectivity index (χ3n) is 4.15. The highest BCUT2D eigenvalue weighted by atomic mass is 127. The lowest BCUT2D eigenvalue weighted by molar-refractivity contribution is 0.0963. The lowest BCUT2D eigenvalue weighted by Crippen LogP contribution is -2.36. The van der Waals surface area contributed by atoms with Crippen molar-refractivity contribution in [3.8, 4) is 0 Å². The van der Waals surface area contributed by atoms with Gasteiger partial charge in [-0.3, -0.25) is 4.79 Å². The summed E-state index contributed by atoms with van der Waals surface area (Å²) < 4.78 is 0. The summed E-state index contributed by atoms with van der Waals surface area (Å²) in [6.45, 7) is 8.36. The van der Waals surface area contributed by atoms with E-state index < -0.39 is 0 Å². The molecular formula is C21H29IN4O. The fraction of sp³-hybridized carbons (Fsp3) is 0.333. The van der Waals surface area contributed by atoms with Crippen LogP contribution in [0.4, 0.5) is 0 Å². The molecule has 0 aliphatic heterocycles. The number of hydrogen-bond donors (Lipinski definition) is 3. The lowest BCUT2D eigenvalue weighted by Gasteiger charge is -2.13. The standard InChI is InChI=1S/C21H28N4O.HI/c1-5-23-21(25-14-19-9-6-15(2)12-16(19)3)24-13-17-7-10-18(11-8-17)20(26)22-4;/h6-12H,5,13-14H2,1-4H3,(H,22,26)(H2,23,24,25);1H. The van der Waals surface area contributed by atoms with E-state index in [0.29, 0.717) is 12.1 Å². The van der Waals surface area contributed by atoms with E-state index in [1.54, 1.807) is 7.05 Å². The van der Waals surface area contributed by atoms with E-state index in [1.807, 2.05) is 31.2 Å². The van der Waals surface area contributed by atoms with E-state index in [0.717, 1.165) is 24.6 Å². The topological polar surface area (TPSA) is 65.5 Å². The Morgan fingerprint density at radius 3 is 2.33 bits per heavy atom. The van der Waals surface area contributed by atoms with Crippen LogP contribution in [0.25, 0.3) is 0 Å². The highest BCUT2D eigenvalue weighted by molar-refractivity contribution is 14.0. The van der Waals surface area contributed by atoms with Crippen LogP contribution < -0.4 is 16.0 Å². The Bertz CT molecular complexity index is 772. The zero-order valence-corrected chi connectivity index (χ0v) is 18.8. The Kier molecular flexibility index (Phi) is 9.85. The summed E-state index contributed by atoms with van der Waals surface area (Å²) >= 11 is 0. The lowest BCUT2D eigenvalue weighted by atomic mass is 10.1. The molecule has 2 rings (SSSR count). The van der Waals surface area contributed by atoms with Gasteiger partial charge in [0.1, 0.15) is 0 Å². The molecule has 0 atom stereocenters. The van der Waals surface area contributed by atoms with Gasteiger partial charge in [-0.1, -0.05) is 35.9 Å². The average Bonchev–Trinajstić information content (AvgIpc) is 2.65. The summed E-state index contributed by atoms with van der Waals surface area (Å²) in [6.07, 6.45) is 0. The van der Waals surface area contributed by atoms with Gasteiger partial charge in [-0.25, -0.2) is 4.99 Å². The van der Waals surface area contributed by atoms with Gasteiger partial charge in [-0.15, -0.1) is 24.0 Å². The third kappa shape index (κ3) is 7.21. The van der Waals surface area contributed by atoms with Crippen LogP contribution in [0, 0.1) is 13.8 Å². The Balaban J connectivity index is 0.00000364. The van der Waals surface area contributed by atoms with Gasteiger partial charge in [0.05, 0.1) is 6.54 Å². The molecule has 2 aromatic rings. The maximum atomic E-state index is 11.6. The molecule has 2 aromatic carbocycles. The van der Waals surface area contributed by atoms with Gasteiger partial charge in [0.15, 0.2) is 5.96 Å². The van der Waals surface area contributed by atoms with Crippen molar-refractivity contribution in [1.29, 1.82) is 0 Å². The molecule has 27 heavy (non-hydrogen) atoms. The van der Waals surface area contributed by atoms with Gasteiger partial charge >= 0.3 is 0 Å². The van der Waals surface area contributed by atoms with E-state index in [2.05, 4.69) is 53.0 Å². The van der Waals surface area contributed by atoms with Crippen molar-refractivity contribution in [3.05, 3.63) is 70.3 Å². The molecule has 0 aliphatic carbocycles. The Labute approximate surface area is 179 Å². The van der Waals surface area contributed by atoms with E-state index in [4.69, 9.17) is 0 Å². The molecule has 0 fully saturated rings. The molecule has 3 N–H and O–H groups in total. The molecule has 0 aromatic heterocycles. The van der Waals surface area contributed by atoms with Crippen molar-refractivity contribution in [2.45, 2.75) is 33.9 Å². The van der Waals surface area contributed by atoms with Gasteiger partial charge in [0.25, 0.3) is 5.91 Å². The van der Waals surface area contributed by atoms with Gasteiger partial charge in [-0.2, -0.15) is 0 Å². The smallest absolute Gasteiger partial charge is 0.251 e. The predicted molar refractivity (Wildman–Crippen MR) is 123 cm³/mol. The summed E-state index contributed by atoms with van der Waals surface area (Å²) in [7, 11) is 1.63. The summed E-state index contributed by atoms with van der Waals surface area (Å²) in [5.74, 6) is 0.700. The highest BCUT2D eigenvalue weighted by Gasteiger charge is 2.04. The number of halogens is 1. The zero-order valence-electron chi connectivity index (χ0n) is 16.4. The predicted octanol–water partition coefficient (Wildman–Crippen LogP) is 3.54. The molecule has 0 spiro atoms. The maximum Gasteiger partial charge on any atom is 0.251 e. The van der Waals surface area contributed by atoms with Gasteiger partial charge in [-0.05, 0) is 49.6 Å². The van der Waals surface area contributed by atoms with Crippen LogP contribution in [-0.2, 0) is 13.1 Å². The first-order chi connectivity index (χ1) is 12.5. The average molecular weight is 480 g/mol. The maximum absolute atomic E-state index is 11.6. The molecule has 1 amide bonds. The number of amides is 1. The third-order valence-corrected chi connectivity index (χ3v) is 4.15. The number of nitrogens with one attached hydrogen (secondary N) is 3. The van der Waals surface area contributed by atoms with Gasteiger partial charge in [0, 0.05) is 25.7 Å². The van der Waals surface area contributed by atoms with Crippen LogP contribution in [-0.4, -0.2) is 25.5 Å². The number of benzene rings is 2. The number of guanidine groups is 1. The second kappa shape index (κ2) is 11.6. The molecule has 0 saturated heterocycles. The van der Waals surface area contributed by atoms with Crippen molar-refractivity contribution in [2.75, 3.05) is 13.6 Å². The van der Waals surface area contributed by atoms with Crippen LogP contribution in [0.3, 0.4) is 0 Å². The summed E-state index contributed by atoms with van der Waals surface area (Å²) in [4.78, 5) is 16.2. The molecule has 0 radical (unpaired) electrons. The van der Waals surface area contributed by atoms with E-state index in [9.17, 15) is 4.79 Å².